The van der Waals surface area contributed by atoms with Crippen molar-refractivity contribution >= 4 is 17.7 Å². The molecule has 0 saturated heterocycles. The van der Waals surface area contributed by atoms with Crippen molar-refractivity contribution in [2.24, 2.45) is 0 Å². The number of Topliss-reactive ketones (excluding diaryl/α,β-unsaturated/α-hetero) is 1. The Hall–Kier alpha value is -3.09. The summed E-state index contributed by atoms with van der Waals surface area (Å²) in [6.07, 6.45) is 0. The number of carbonyl (C=O) groups is 3. The Bertz CT molecular complexity index is 762. The molecule has 2 aromatic carbocycles. The third kappa shape index (κ3) is 4.70. The van der Waals surface area contributed by atoms with Crippen molar-refractivity contribution in [2.75, 3.05) is 13.2 Å². The van der Waals surface area contributed by atoms with Crippen LogP contribution < -0.4 is 5.32 Å². The SMILES string of the molecule is O=C(CNC(=O)c1ccccc1)OCC(=O)c1cc(F)ccc1F. The molecular weight excluding hydrogens is 320 g/mol. The Morgan fingerprint density at radius 2 is 1.71 bits per heavy atom. The lowest BCUT2D eigenvalue weighted by molar-refractivity contribution is -0.141. The number of ketones is 1. The fourth-order valence-corrected chi connectivity index (χ4v) is 1.83. The van der Waals surface area contributed by atoms with Crippen molar-refractivity contribution in [3.8, 4) is 0 Å². The van der Waals surface area contributed by atoms with Crippen molar-refractivity contribution < 1.29 is 27.9 Å². The van der Waals surface area contributed by atoms with Gasteiger partial charge in [-0.3, -0.25) is 14.4 Å². The molecule has 5 nitrogen and oxygen atoms in total. The summed E-state index contributed by atoms with van der Waals surface area (Å²) >= 11 is 0. The number of amides is 1. The number of rotatable bonds is 6. The van der Waals surface area contributed by atoms with Crippen LogP contribution in [0.3, 0.4) is 0 Å². The van der Waals surface area contributed by atoms with Gasteiger partial charge in [-0.2, -0.15) is 0 Å². The van der Waals surface area contributed by atoms with Gasteiger partial charge in [-0.1, -0.05) is 18.2 Å². The average Bonchev–Trinajstić information content (AvgIpc) is 2.60. The molecule has 0 heterocycles. The number of nitrogens with one attached hydrogen (secondary N) is 1. The van der Waals surface area contributed by atoms with Crippen LogP contribution in [-0.2, 0) is 9.53 Å². The highest BCUT2D eigenvalue weighted by atomic mass is 19.1. The van der Waals surface area contributed by atoms with Crippen LogP contribution in [0.4, 0.5) is 8.78 Å². The van der Waals surface area contributed by atoms with Gasteiger partial charge in [-0.15, -0.1) is 0 Å². The Morgan fingerprint density at radius 3 is 2.42 bits per heavy atom. The van der Waals surface area contributed by atoms with E-state index in [1.807, 2.05) is 0 Å². The first kappa shape index (κ1) is 17.3. The van der Waals surface area contributed by atoms with Crippen LogP contribution in [0.2, 0.25) is 0 Å². The zero-order chi connectivity index (χ0) is 17.5. The second-order valence-corrected chi connectivity index (χ2v) is 4.76. The van der Waals surface area contributed by atoms with Gasteiger partial charge >= 0.3 is 5.97 Å². The minimum Gasteiger partial charge on any atom is -0.456 e. The number of halogens is 2. The molecular formula is C17H13F2NO4. The monoisotopic (exact) mass is 333 g/mol. The maximum Gasteiger partial charge on any atom is 0.325 e. The first-order valence-corrected chi connectivity index (χ1v) is 6.94. The predicted molar refractivity (Wildman–Crippen MR) is 80.4 cm³/mol. The van der Waals surface area contributed by atoms with Crippen molar-refractivity contribution in [2.45, 2.75) is 0 Å². The van der Waals surface area contributed by atoms with Crippen LogP contribution in [0.15, 0.2) is 48.5 Å². The third-order valence-electron chi connectivity index (χ3n) is 3.02. The molecule has 24 heavy (non-hydrogen) atoms. The van der Waals surface area contributed by atoms with E-state index in [-0.39, 0.29) is 0 Å². The van der Waals surface area contributed by atoms with Gasteiger partial charge in [-0.05, 0) is 30.3 Å². The smallest absolute Gasteiger partial charge is 0.325 e. The van der Waals surface area contributed by atoms with E-state index in [0.717, 1.165) is 18.2 Å². The molecule has 0 radical (unpaired) electrons. The van der Waals surface area contributed by atoms with E-state index in [4.69, 9.17) is 0 Å². The minimum absolute atomic E-state index is 0.364. The summed E-state index contributed by atoms with van der Waals surface area (Å²) in [6.45, 7) is -1.20. The molecule has 124 valence electrons. The topological polar surface area (TPSA) is 72.5 Å². The fourth-order valence-electron chi connectivity index (χ4n) is 1.83. The molecule has 2 aromatic rings. The number of esters is 1. The largest absolute Gasteiger partial charge is 0.456 e. The quantitative estimate of drug-likeness (QED) is 0.649. The van der Waals surface area contributed by atoms with Crippen LogP contribution in [0.1, 0.15) is 20.7 Å². The maximum atomic E-state index is 13.4. The average molecular weight is 333 g/mol. The zero-order valence-electron chi connectivity index (χ0n) is 12.4. The van der Waals surface area contributed by atoms with E-state index in [9.17, 15) is 23.2 Å². The van der Waals surface area contributed by atoms with E-state index in [2.05, 4.69) is 10.1 Å². The molecule has 2 rings (SSSR count). The Balaban J connectivity index is 1.82. The second-order valence-electron chi connectivity index (χ2n) is 4.76. The maximum absolute atomic E-state index is 13.4. The molecule has 0 bridgehead atoms. The minimum atomic E-state index is -0.908. The molecule has 0 aliphatic rings. The summed E-state index contributed by atoms with van der Waals surface area (Å²) in [5, 5.41) is 2.32. The second kappa shape index (κ2) is 7.96. The van der Waals surface area contributed by atoms with Crippen LogP contribution in [0.25, 0.3) is 0 Å². The highest BCUT2D eigenvalue weighted by Crippen LogP contribution is 2.10. The summed E-state index contributed by atoms with van der Waals surface area (Å²) in [5.74, 6) is -3.91. The summed E-state index contributed by atoms with van der Waals surface area (Å²) in [7, 11) is 0. The Kier molecular flexibility index (Phi) is 5.73. The van der Waals surface area contributed by atoms with Crippen LogP contribution in [0.5, 0.6) is 0 Å². The fraction of sp³-hybridized carbons (Fsp3) is 0.118. The first-order chi connectivity index (χ1) is 11.5. The van der Waals surface area contributed by atoms with E-state index >= 15 is 0 Å². The molecule has 0 unspecified atom stereocenters. The molecule has 0 saturated carbocycles. The van der Waals surface area contributed by atoms with E-state index < -0.39 is 48.0 Å². The van der Waals surface area contributed by atoms with Gasteiger partial charge in [0.05, 0.1) is 5.56 Å². The van der Waals surface area contributed by atoms with Crippen molar-refractivity contribution in [3.05, 3.63) is 71.3 Å². The van der Waals surface area contributed by atoms with Gasteiger partial charge in [0, 0.05) is 5.56 Å². The third-order valence-corrected chi connectivity index (χ3v) is 3.02. The molecule has 0 spiro atoms. The lowest BCUT2D eigenvalue weighted by Gasteiger charge is -2.07. The van der Waals surface area contributed by atoms with Gasteiger partial charge in [0.25, 0.3) is 5.91 Å². The zero-order valence-corrected chi connectivity index (χ0v) is 12.4. The number of hydrogen-bond acceptors (Lipinski definition) is 4. The van der Waals surface area contributed by atoms with Crippen LogP contribution in [0, 0.1) is 11.6 Å². The number of benzene rings is 2. The number of hydrogen-bond donors (Lipinski definition) is 1. The Morgan fingerprint density at radius 1 is 1.00 bits per heavy atom. The normalized spacial score (nSPS) is 10.1. The summed E-state index contributed by atoms with van der Waals surface area (Å²) in [4.78, 5) is 34.9. The lowest BCUT2D eigenvalue weighted by atomic mass is 10.1. The van der Waals surface area contributed by atoms with Crippen LogP contribution in [-0.4, -0.2) is 30.8 Å². The predicted octanol–water partition coefficient (Wildman–Crippen LogP) is 2.12. The molecule has 0 atom stereocenters. The van der Waals surface area contributed by atoms with Gasteiger partial charge < -0.3 is 10.1 Å². The van der Waals surface area contributed by atoms with Crippen molar-refractivity contribution in [1.82, 2.24) is 5.32 Å². The van der Waals surface area contributed by atoms with Gasteiger partial charge in [0.2, 0.25) is 5.78 Å². The highest BCUT2D eigenvalue weighted by Gasteiger charge is 2.15. The molecule has 7 heteroatoms. The van der Waals surface area contributed by atoms with Crippen molar-refractivity contribution in [1.29, 1.82) is 0 Å². The van der Waals surface area contributed by atoms with E-state index in [0.29, 0.717) is 5.56 Å². The molecule has 0 aliphatic heterocycles. The lowest BCUT2D eigenvalue weighted by Crippen LogP contribution is -2.31. The number of carbonyl (C=O) groups excluding carboxylic acids is 3. The van der Waals surface area contributed by atoms with Crippen LogP contribution >= 0.6 is 0 Å². The van der Waals surface area contributed by atoms with Gasteiger partial charge in [0.15, 0.2) is 6.61 Å². The van der Waals surface area contributed by atoms with E-state index in [1.54, 1.807) is 30.3 Å². The number of ether oxygens (including phenoxy) is 1. The Labute approximate surface area is 136 Å². The summed E-state index contributed by atoms with van der Waals surface area (Å²) in [5.41, 5.74) is -0.140. The first-order valence-electron chi connectivity index (χ1n) is 6.94. The van der Waals surface area contributed by atoms with Gasteiger partial charge in [0.1, 0.15) is 18.2 Å². The molecule has 0 aromatic heterocycles. The molecule has 1 N–H and O–H groups in total. The highest BCUT2D eigenvalue weighted by molar-refractivity contribution is 5.99. The van der Waals surface area contributed by atoms with E-state index in [1.165, 1.54) is 0 Å². The summed E-state index contributed by atoms with van der Waals surface area (Å²) < 4.78 is 31.1. The standard InChI is InChI=1S/C17H13F2NO4/c18-12-6-7-14(19)13(8-12)15(21)10-24-16(22)9-20-17(23)11-4-2-1-3-5-11/h1-8H,9-10H2,(H,20,23). The summed E-state index contributed by atoms with van der Waals surface area (Å²) in [6, 6.07) is 10.6. The molecule has 0 fully saturated rings. The van der Waals surface area contributed by atoms with Gasteiger partial charge in [-0.25, -0.2) is 8.78 Å². The molecule has 0 aliphatic carbocycles. The molecule has 1 amide bonds. The van der Waals surface area contributed by atoms with Crippen molar-refractivity contribution in [3.63, 3.8) is 0 Å².